The molecular formula is C10H21NO4S. The van der Waals surface area contributed by atoms with Crippen molar-refractivity contribution in [3.05, 3.63) is 0 Å². The van der Waals surface area contributed by atoms with Crippen LogP contribution in [0.15, 0.2) is 0 Å². The molecule has 0 radical (unpaired) electrons. The molecule has 0 saturated carbocycles. The van der Waals surface area contributed by atoms with Crippen LogP contribution in [0, 0.1) is 0 Å². The van der Waals surface area contributed by atoms with E-state index in [2.05, 4.69) is 5.32 Å². The van der Waals surface area contributed by atoms with E-state index in [0.717, 1.165) is 12.8 Å². The first kappa shape index (κ1) is 13.9. The molecule has 6 heteroatoms. The lowest BCUT2D eigenvalue weighted by Gasteiger charge is -2.16. The Morgan fingerprint density at radius 1 is 1.56 bits per heavy atom. The second-order valence-corrected chi connectivity index (χ2v) is 6.36. The van der Waals surface area contributed by atoms with Gasteiger partial charge in [-0.3, -0.25) is 0 Å². The highest BCUT2D eigenvalue weighted by Gasteiger charge is 2.25. The average Bonchev–Trinajstić information content (AvgIpc) is 2.68. The Kier molecular flexibility index (Phi) is 5.68. The highest BCUT2D eigenvalue weighted by atomic mass is 32.2. The zero-order chi connectivity index (χ0) is 12.0. The van der Waals surface area contributed by atoms with E-state index in [-0.39, 0.29) is 30.3 Å². The molecule has 1 aliphatic heterocycles. The van der Waals surface area contributed by atoms with Crippen LogP contribution in [0.4, 0.5) is 0 Å². The molecule has 2 atom stereocenters. The van der Waals surface area contributed by atoms with Crippen molar-refractivity contribution in [1.29, 1.82) is 0 Å². The van der Waals surface area contributed by atoms with Gasteiger partial charge in [-0.15, -0.1) is 0 Å². The summed E-state index contributed by atoms with van der Waals surface area (Å²) < 4.78 is 29.0. The fourth-order valence-electron chi connectivity index (χ4n) is 1.90. The molecule has 16 heavy (non-hydrogen) atoms. The van der Waals surface area contributed by atoms with E-state index < -0.39 is 9.84 Å². The Bertz CT molecular complexity index is 285. The summed E-state index contributed by atoms with van der Waals surface area (Å²) in [6.45, 7) is 0.674. The third kappa shape index (κ3) is 4.78. The topological polar surface area (TPSA) is 75.6 Å². The molecule has 0 spiro atoms. The van der Waals surface area contributed by atoms with Crippen LogP contribution >= 0.6 is 0 Å². The lowest BCUT2D eigenvalue weighted by atomic mass is 10.2. The van der Waals surface area contributed by atoms with Crippen LogP contribution in [0.1, 0.15) is 19.3 Å². The SMILES string of the molecule is CNC(CCO)CS(=O)(=O)CC1CCCO1. The Labute approximate surface area is 97.1 Å². The summed E-state index contributed by atoms with van der Waals surface area (Å²) in [5, 5.41) is 11.7. The highest BCUT2D eigenvalue weighted by Crippen LogP contribution is 2.14. The van der Waals surface area contributed by atoms with Crippen LogP contribution in [-0.2, 0) is 14.6 Å². The third-order valence-corrected chi connectivity index (χ3v) is 4.59. The quantitative estimate of drug-likeness (QED) is 0.641. The first-order valence-corrected chi connectivity index (χ1v) is 7.49. The van der Waals surface area contributed by atoms with Crippen LogP contribution in [0.5, 0.6) is 0 Å². The zero-order valence-corrected chi connectivity index (χ0v) is 10.5. The monoisotopic (exact) mass is 251 g/mol. The maximum Gasteiger partial charge on any atom is 0.154 e. The molecule has 5 nitrogen and oxygen atoms in total. The minimum Gasteiger partial charge on any atom is -0.396 e. The molecule has 2 unspecified atom stereocenters. The first-order valence-electron chi connectivity index (χ1n) is 5.67. The standard InChI is InChI=1S/C10H21NO4S/c1-11-9(4-5-12)7-16(13,14)8-10-3-2-6-15-10/h9-12H,2-8H2,1H3. The van der Waals surface area contributed by atoms with Gasteiger partial charge in [-0.1, -0.05) is 0 Å². The minimum atomic E-state index is -3.10. The van der Waals surface area contributed by atoms with Crippen molar-refractivity contribution in [2.75, 3.05) is 31.8 Å². The maximum atomic E-state index is 11.8. The Morgan fingerprint density at radius 3 is 2.81 bits per heavy atom. The molecule has 0 aromatic rings. The van der Waals surface area contributed by atoms with E-state index in [4.69, 9.17) is 9.84 Å². The number of rotatable bonds is 7. The van der Waals surface area contributed by atoms with Gasteiger partial charge in [-0.2, -0.15) is 0 Å². The van der Waals surface area contributed by atoms with Gasteiger partial charge in [0, 0.05) is 19.3 Å². The smallest absolute Gasteiger partial charge is 0.154 e. The van der Waals surface area contributed by atoms with E-state index in [0.29, 0.717) is 13.0 Å². The fourth-order valence-corrected chi connectivity index (χ4v) is 3.81. The summed E-state index contributed by atoms with van der Waals surface area (Å²) in [6.07, 6.45) is 2.12. The second-order valence-electron chi connectivity index (χ2n) is 4.21. The zero-order valence-electron chi connectivity index (χ0n) is 9.68. The summed E-state index contributed by atoms with van der Waals surface area (Å²) >= 11 is 0. The molecule has 0 amide bonds. The molecule has 96 valence electrons. The molecule has 0 aliphatic carbocycles. The Balaban J connectivity index is 2.42. The number of ether oxygens (including phenoxy) is 1. The van der Waals surface area contributed by atoms with Gasteiger partial charge in [0.15, 0.2) is 9.84 Å². The van der Waals surface area contributed by atoms with Crippen molar-refractivity contribution in [3.63, 3.8) is 0 Å². The lowest BCUT2D eigenvalue weighted by Crippen LogP contribution is -2.36. The van der Waals surface area contributed by atoms with Gasteiger partial charge in [0.2, 0.25) is 0 Å². The van der Waals surface area contributed by atoms with Crippen molar-refractivity contribution < 1.29 is 18.3 Å². The molecule has 1 heterocycles. The minimum absolute atomic E-state index is 0.000948. The number of aliphatic hydroxyl groups excluding tert-OH is 1. The average molecular weight is 251 g/mol. The van der Waals surface area contributed by atoms with Crippen LogP contribution in [0.3, 0.4) is 0 Å². The van der Waals surface area contributed by atoms with Crippen LogP contribution in [-0.4, -0.2) is 57.4 Å². The van der Waals surface area contributed by atoms with E-state index >= 15 is 0 Å². The van der Waals surface area contributed by atoms with Gasteiger partial charge in [-0.25, -0.2) is 8.42 Å². The van der Waals surface area contributed by atoms with Crippen molar-refractivity contribution in [3.8, 4) is 0 Å². The van der Waals surface area contributed by atoms with Crippen molar-refractivity contribution in [2.24, 2.45) is 0 Å². The number of sulfone groups is 1. The molecule has 1 rings (SSSR count). The molecule has 2 N–H and O–H groups in total. The molecule has 0 bridgehead atoms. The van der Waals surface area contributed by atoms with Gasteiger partial charge in [0.1, 0.15) is 0 Å². The predicted molar refractivity (Wildman–Crippen MR) is 62.2 cm³/mol. The van der Waals surface area contributed by atoms with Crippen molar-refractivity contribution in [2.45, 2.75) is 31.4 Å². The Hall–Kier alpha value is -0.170. The molecule has 1 aliphatic rings. The van der Waals surface area contributed by atoms with Gasteiger partial charge < -0.3 is 15.2 Å². The summed E-state index contributed by atoms with van der Waals surface area (Å²) in [4.78, 5) is 0. The number of hydrogen-bond donors (Lipinski definition) is 2. The molecule has 0 aromatic heterocycles. The second kappa shape index (κ2) is 6.54. The largest absolute Gasteiger partial charge is 0.396 e. The van der Waals surface area contributed by atoms with Gasteiger partial charge in [-0.05, 0) is 26.3 Å². The van der Waals surface area contributed by atoms with Crippen LogP contribution in [0.2, 0.25) is 0 Å². The van der Waals surface area contributed by atoms with Gasteiger partial charge in [0.05, 0.1) is 17.6 Å². The summed E-state index contributed by atoms with van der Waals surface area (Å²) in [5.74, 6) is 0.181. The van der Waals surface area contributed by atoms with Crippen LogP contribution in [0.25, 0.3) is 0 Å². The number of nitrogens with one attached hydrogen (secondary N) is 1. The van der Waals surface area contributed by atoms with E-state index in [1.54, 1.807) is 7.05 Å². The molecular weight excluding hydrogens is 230 g/mol. The summed E-state index contributed by atoms with van der Waals surface area (Å²) in [6, 6.07) is -0.170. The van der Waals surface area contributed by atoms with Crippen molar-refractivity contribution >= 4 is 9.84 Å². The fraction of sp³-hybridized carbons (Fsp3) is 1.00. The summed E-state index contributed by atoms with van der Waals surface area (Å²) in [7, 11) is -1.39. The highest BCUT2D eigenvalue weighted by molar-refractivity contribution is 7.91. The van der Waals surface area contributed by atoms with E-state index in [1.807, 2.05) is 0 Å². The molecule has 1 saturated heterocycles. The number of hydrogen-bond acceptors (Lipinski definition) is 5. The first-order chi connectivity index (χ1) is 7.57. The number of aliphatic hydroxyl groups is 1. The van der Waals surface area contributed by atoms with Crippen LogP contribution < -0.4 is 5.32 Å². The summed E-state index contributed by atoms with van der Waals surface area (Å²) in [5.41, 5.74) is 0. The Morgan fingerprint density at radius 2 is 2.31 bits per heavy atom. The van der Waals surface area contributed by atoms with Gasteiger partial charge in [0.25, 0.3) is 0 Å². The van der Waals surface area contributed by atoms with E-state index in [1.165, 1.54) is 0 Å². The third-order valence-electron chi connectivity index (χ3n) is 2.80. The normalized spacial score (nSPS) is 23.5. The van der Waals surface area contributed by atoms with Gasteiger partial charge >= 0.3 is 0 Å². The lowest BCUT2D eigenvalue weighted by molar-refractivity contribution is 0.127. The predicted octanol–water partition coefficient (Wildman–Crippen LogP) is -0.449. The van der Waals surface area contributed by atoms with E-state index in [9.17, 15) is 8.42 Å². The maximum absolute atomic E-state index is 11.8. The molecule has 0 aromatic carbocycles. The molecule has 1 fully saturated rings. The van der Waals surface area contributed by atoms with Crippen molar-refractivity contribution in [1.82, 2.24) is 5.32 Å².